The molecule has 1 saturated heterocycles. The van der Waals surface area contributed by atoms with E-state index in [9.17, 15) is 9.90 Å². The molecule has 1 aliphatic rings. The SMILES string of the molecule is Nc1nc(Nc2ccc(N3CCC(O)CC3)cc2)sc1C(=O)c1cccnc1. The first kappa shape index (κ1) is 18.4. The summed E-state index contributed by atoms with van der Waals surface area (Å²) in [5, 5.41) is 13.4. The number of benzene rings is 1. The Morgan fingerprint density at radius 3 is 2.64 bits per heavy atom. The third-order valence-electron chi connectivity index (χ3n) is 4.73. The molecule has 0 unspecified atom stereocenters. The molecule has 144 valence electrons. The number of piperidine rings is 1. The molecule has 3 aromatic rings. The van der Waals surface area contributed by atoms with E-state index in [0.29, 0.717) is 15.6 Å². The number of ketones is 1. The largest absolute Gasteiger partial charge is 0.393 e. The molecule has 1 aliphatic heterocycles. The van der Waals surface area contributed by atoms with Gasteiger partial charge in [-0.15, -0.1) is 0 Å². The Bertz CT molecular complexity index is 950. The lowest BCUT2D eigenvalue weighted by atomic mass is 10.1. The summed E-state index contributed by atoms with van der Waals surface area (Å²) >= 11 is 1.23. The molecular formula is C20H21N5O2S. The van der Waals surface area contributed by atoms with Gasteiger partial charge in [0.2, 0.25) is 5.78 Å². The number of pyridine rings is 1. The van der Waals surface area contributed by atoms with Crippen LogP contribution in [0.25, 0.3) is 0 Å². The van der Waals surface area contributed by atoms with Gasteiger partial charge in [0.05, 0.1) is 6.10 Å². The Labute approximate surface area is 166 Å². The van der Waals surface area contributed by atoms with E-state index in [1.165, 1.54) is 17.5 Å². The van der Waals surface area contributed by atoms with Gasteiger partial charge in [0.1, 0.15) is 10.7 Å². The van der Waals surface area contributed by atoms with Gasteiger partial charge in [0.15, 0.2) is 5.13 Å². The van der Waals surface area contributed by atoms with Gasteiger partial charge in [-0.3, -0.25) is 9.78 Å². The zero-order valence-corrected chi connectivity index (χ0v) is 16.0. The second-order valence-electron chi connectivity index (χ2n) is 6.69. The maximum Gasteiger partial charge on any atom is 0.208 e. The van der Waals surface area contributed by atoms with Crippen molar-refractivity contribution in [2.45, 2.75) is 18.9 Å². The molecule has 4 N–H and O–H groups in total. The van der Waals surface area contributed by atoms with Gasteiger partial charge in [-0.1, -0.05) is 11.3 Å². The molecule has 0 aliphatic carbocycles. The Balaban J connectivity index is 1.45. The van der Waals surface area contributed by atoms with E-state index in [2.05, 4.69) is 20.2 Å². The number of anilines is 4. The second-order valence-corrected chi connectivity index (χ2v) is 7.69. The standard InChI is InChI=1S/C20H21N5O2S/c21-19-18(17(27)13-2-1-9-22-12-13)28-20(24-19)23-14-3-5-15(6-4-14)25-10-7-16(26)8-11-25/h1-6,9,12,16,26H,7-8,10-11,21H2,(H,23,24). The van der Waals surface area contributed by atoms with E-state index in [1.807, 2.05) is 24.3 Å². The summed E-state index contributed by atoms with van der Waals surface area (Å²) < 4.78 is 0. The molecule has 0 spiro atoms. The van der Waals surface area contributed by atoms with Crippen LogP contribution in [0.2, 0.25) is 0 Å². The number of nitrogens with one attached hydrogen (secondary N) is 1. The van der Waals surface area contributed by atoms with E-state index in [4.69, 9.17) is 5.73 Å². The number of rotatable bonds is 5. The topological polar surface area (TPSA) is 104 Å². The zero-order chi connectivity index (χ0) is 19.5. The fourth-order valence-corrected chi connectivity index (χ4v) is 4.05. The molecule has 7 nitrogen and oxygen atoms in total. The highest BCUT2D eigenvalue weighted by Gasteiger charge is 2.19. The first-order valence-corrected chi connectivity index (χ1v) is 9.93. The minimum absolute atomic E-state index is 0.182. The molecule has 1 aromatic carbocycles. The fourth-order valence-electron chi connectivity index (χ4n) is 3.18. The van der Waals surface area contributed by atoms with Crippen LogP contribution in [0.5, 0.6) is 0 Å². The quantitative estimate of drug-likeness (QED) is 0.570. The lowest BCUT2D eigenvalue weighted by Crippen LogP contribution is -2.35. The van der Waals surface area contributed by atoms with E-state index < -0.39 is 0 Å². The van der Waals surface area contributed by atoms with Gasteiger partial charge >= 0.3 is 0 Å². The third-order valence-corrected chi connectivity index (χ3v) is 5.72. The number of carbonyl (C=O) groups is 1. The van der Waals surface area contributed by atoms with Gasteiger partial charge in [0.25, 0.3) is 0 Å². The lowest BCUT2D eigenvalue weighted by molar-refractivity contribution is 0.104. The number of nitrogens with two attached hydrogens (primary N) is 1. The summed E-state index contributed by atoms with van der Waals surface area (Å²) in [6.07, 6.45) is 4.55. The molecule has 28 heavy (non-hydrogen) atoms. The highest BCUT2D eigenvalue weighted by Crippen LogP contribution is 2.30. The maximum atomic E-state index is 12.6. The monoisotopic (exact) mass is 395 g/mol. The molecule has 0 radical (unpaired) electrons. The van der Waals surface area contributed by atoms with Crippen LogP contribution in [0.4, 0.5) is 22.3 Å². The molecule has 1 fully saturated rings. The number of carbonyl (C=O) groups excluding carboxylic acids is 1. The number of aromatic nitrogens is 2. The van der Waals surface area contributed by atoms with Crippen molar-refractivity contribution in [3.8, 4) is 0 Å². The number of nitrogen functional groups attached to an aromatic ring is 1. The lowest BCUT2D eigenvalue weighted by Gasteiger charge is -2.31. The van der Waals surface area contributed by atoms with Crippen molar-refractivity contribution < 1.29 is 9.90 Å². The van der Waals surface area contributed by atoms with Crippen molar-refractivity contribution >= 4 is 39.4 Å². The van der Waals surface area contributed by atoms with Gasteiger partial charge in [-0.05, 0) is 49.2 Å². The Kier molecular flexibility index (Phi) is 5.23. The zero-order valence-electron chi connectivity index (χ0n) is 15.2. The van der Waals surface area contributed by atoms with Crippen LogP contribution in [-0.2, 0) is 0 Å². The molecule has 0 atom stereocenters. The number of nitrogens with zero attached hydrogens (tertiary/aromatic N) is 3. The molecule has 4 rings (SSSR count). The average Bonchev–Trinajstić information content (AvgIpc) is 3.09. The highest BCUT2D eigenvalue weighted by atomic mass is 32.1. The Morgan fingerprint density at radius 1 is 1.21 bits per heavy atom. The maximum absolute atomic E-state index is 12.6. The molecule has 3 heterocycles. The number of aliphatic hydroxyl groups is 1. The van der Waals surface area contributed by atoms with Gasteiger partial charge in [0, 0.05) is 42.4 Å². The number of thiazole rings is 1. The molecule has 0 saturated carbocycles. The summed E-state index contributed by atoms with van der Waals surface area (Å²) in [7, 11) is 0. The summed E-state index contributed by atoms with van der Waals surface area (Å²) in [4.78, 5) is 23.5. The van der Waals surface area contributed by atoms with Crippen molar-refractivity contribution in [3.63, 3.8) is 0 Å². The average molecular weight is 395 g/mol. The number of hydrogen-bond acceptors (Lipinski definition) is 8. The van der Waals surface area contributed by atoms with Gasteiger partial charge in [-0.25, -0.2) is 4.98 Å². The van der Waals surface area contributed by atoms with Crippen LogP contribution in [0.1, 0.15) is 28.1 Å². The van der Waals surface area contributed by atoms with Crippen LogP contribution in [0, 0.1) is 0 Å². The predicted octanol–water partition coefficient (Wildman–Crippen LogP) is 3.06. The molecule has 0 amide bonds. The van der Waals surface area contributed by atoms with Crippen LogP contribution >= 0.6 is 11.3 Å². The van der Waals surface area contributed by atoms with Crippen molar-refractivity contribution in [2.75, 3.05) is 29.0 Å². The second kappa shape index (κ2) is 7.95. The van der Waals surface area contributed by atoms with Crippen molar-refractivity contribution in [2.24, 2.45) is 0 Å². The highest BCUT2D eigenvalue weighted by molar-refractivity contribution is 7.18. The van der Waals surface area contributed by atoms with Gasteiger partial charge < -0.3 is 21.1 Å². The summed E-state index contributed by atoms with van der Waals surface area (Å²) in [6, 6.07) is 11.5. The molecular weight excluding hydrogens is 374 g/mol. The van der Waals surface area contributed by atoms with Crippen LogP contribution in [0.3, 0.4) is 0 Å². The molecule has 0 bridgehead atoms. The molecule has 8 heteroatoms. The summed E-state index contributed by atoms with van der Waals surface area (Å²) in [6.45, 7) is 1.72. The van der Waals surface area contributed by atoms with Crippen molar-refractivity contribution in [1.29, 1.82) is 0 Å². The number of hydrogen-bond donors (Lipinski definition) is 3. The summed E-state index contributed by atoms with van der Waals surface area (Å²) in [5.41, 5.74) is 8.44. The van der Waals surface area contributed by atoms with Crippen LogP contribution < -0.4 is 16.0 Å². The smallest absolute Gasteiger partial charge is 0.208 e. The first-order valence-electron chi connectivity index (χ1n) is 9.11. The first-order chi connectivity index (χ1) is 13.6. The van der Waals surface area contributed by atoms with E-state index in [0.717, 1.165) is 37.3 Å². The normalized spacial score (nSPS) is 14.8. The third kappa shape index (κ3) is 3.97. The summed E-state index contributed by atoms with van der Waals surface area (Å²) in [5.74, 6) is 0.0311. The minimum atomic E-state index is -0.184. The van der Waals surface area contributed by atoms with Crippen LogP contribution in [-0.4, -0.2) is 40.1 Å². The van der Waals surface area contributed by atoms with E-state index >= 15 is 0 Å². The Morgan fingerprint density at radius 2 is 1.96 bits per heavy atom. The minimum Gasteiger partial charge on any atom is -0.393 e. The van der Waals surface area contributed by atoms with Gasteiger partial charge in [-0.2, -0.15) is 0 Å². The van der Waals surface area contributed by atoms with E-state index in [1.54, 1.807) is 18.3 Å². The number of aliphatic hydroxyl groups excluding tert-OH is 1. The predicted molar refractivity (Wildman–Crippen MR) is 111 cm³/mol. The van der Waals surface area contributed by atoms with Crippen LogP contribution in [0.15, 0.2) is 48.8 Å². The molecule has 2 aromatic heterocycles. The van der Waals surface area contributed by atoms with Crippen molar-refractivity contribution in [3.05, 3.63) is 59.2 Å². The van der Waals surface area contributed by atoms with E-state index in [-0.39, 0.29) is 17.7 Å². The Hall–Kier alpha value is -2.97. The van der Waals surface area contributed by atoms with Crippen molar-refractivity contribution in [1.82, 2.24) is 9.97 Å². The fraction of sp³-hybridized carbons (Fsp3) is 0.250.